The molecule has 0 aliphatic carbocycles. The Hall–Kier alpha value is -2.15. The van der Waals surface area contributed by atoms with E-state index in [4.69, 9.17) is 9.84 Å². The van der Waals surface area contributed by atoms with Crippen molar-refractivity contribution in [3.8, 4) is 0 Å². The number of carboxylic acids is 1. The van der Waals surface area contributed by atoms with Gasteiger partial charge in [-0.15, -0.1) is 0 Å². The van der Waals surface area contributed by atoms with Crippen LogP contribution in [0, 0.1) is 5.82 Å². The predicted molar refractivity (Wildman–Crippen MR) is 67.6 cm³/mol. The smallest absolute Gasteiger partial charge is 0.332 e. The predicted octanol–water partition coefficient (Wildman–Crippen LogP) is 0.869. The van der Waals surface area contributed by atoms with Crippen molar-refractivity contribution in [1.29, 1.82) is 0 Å². The molecule has 1 heterocycles. The Labute approximate surface area is 114 Å². The van der Waals surface area contributed by atoms with E-state index in [1.807, 2.05) is 0 Å². The fourth-order valence-electron chi connectivity index (χ4n) is 1.93. The minimum absolute atomic E-state index is 0.0493. The summed E-state index contributed by atoms with van der Waals surface area (Å²) in [6, 6.07) is 5.07. The van der Waals surface area contributed by atoms with Crippen molar-refractivity contribution in [1.82, 2.24) is 10.6 Å². The van der Waals surface area contributed by atoms with E-state index in [-0.39, 0.29) is 25.4 Å². The molecule has 0 aromatic heterocycles. The van der Waals surface area contributed by atoms with Gasteiger partial charge in [-0.25, -0.2) is 14.0 Å². The SMILES string of the molecule is O=C(NCc1ccc(F)cc1)NC1(C(=O)O)CCOC1. The van der Waals surface area contributed by atoms with Crippen LogP contribution in [0.4, 0.5) is 9.18 Å². The van der Waals surface area contributed by atoms with Crippen molar-refractivity contribution in [2.75, 3.05) is 13.2 Å². The molecule has 6 nitrogen and oxygen atoms in total. The van der Waals surface area contributed by atoms with Gasteiger partial charge in [0.1, 0.15) is 5.82 Å². The van der Waals surface area contributed by atoms with Crippen LogP contribution in [0.5, 0.6) is 0 Å². The first-order chi connectivity index (χ1) is 9.52. The number of rotatable bonds is 4. The number of urea groups is 1. The lowest BCUT2D eigenvalue weighted by Gasteiger charge is -2.23. The maximum Gasteiger partial charge on any atom is 0.332 e. The van der Waals surface area contributed by atoms with Crippen molar-refractivity contribution in [3.63, 3.8) is 0 Å². The van der Waals surface area contributed by atoms with E-state index in [1.54, 1.807) is 12.1 Å². The minimum Gasteiger partial charge on any atom is -0.479 e. The van der Waals surface area contributed by atoms with Gasteiger partial charge < -0.3 is 20.5 Å². The molecule has 1 atom stereocenters. The molecule has 0 radical (unpaired) electrons. The molecule has 1 aliphatic heterocycles. The van der Waals surface area contributed by atoms with Crippen LogP contribution < -0.4 is 10.6 Å². The molecular formula is C13H15FN2O4. The standard InChI is InChI=1S/C13H15FN2O4/c14-10-3-1-9(2-4-10)7-15-12(19)16-13(11(17)18)5-6-20-8-13/h1-4H,5-8H2,(H,17,18)(H2,15,16,19). The van der Waals surface area contributed by atoms with E-state index in [9.17, 15) is 14.0 Å². The Morgan fingerprint density at radius 3 is 2.60 bits per heavy atom. The third-order valence-corrected chi connectivity index (χ3v) is 3.15. The summed E-state index contributed by atoms with van der Waals surface area (Å²) >= 11 is 0. The number of halogens is 1. The number of nitrogens with one attached hydrogen (secondary N) is 2. The summed E-state index contributed by atoms with van der Waals surface area (Å²) in [5.74, 6) is -1.47. The van der Waals surface area contributed by atoms with Gasteiger partial charge in [-0.2, -0.15) is 0 Å². The zero-order valence-corrected chi connectivity index (χ0v) is 10.7. The number of carbonyl (C=O) groups excluding carboxylic acids is 1. The van der Waals surface area contributed by atoms with E-state index in [1.165, 1.54) is 12.1 Å². The Balaban J connectivity index is 1.89. The van der Waals surface area contributed by atoms with Crippen LogP contribution in [-0.4, -0.2) is 35.9 Å². The van der Waals surface area contributed by atoms with Gasteiger partial charge in [-0.05, 0) is 17.7 Å². The summed E-state index contributed by atoms with van der Waals surface area (Å²) in [5.41, 5.74) is -0.652. The molecule has 1 fully saturated rings. The highest BCUT2D eigenvalue weighted by molar-refractivity contribution is 5.86. The normalized spacial score (nSPS) is 21.4. The summed E-state index contributed by atoms with van der Waals surface area (Å²) < 4.78 is 17.8. The topological polar surface area (TPSA) is 87.7 Å². The van der Waals surface area contributed by atoms with E-state index >= 15 is 0 Å². The van der Waals surface area contributed by atoms with Crippen LogP contribution in [0.1, 0.15) is 12.0 Å². The van der Waals surface area contributed by atoms with Crippen molar-refractivity contribution >= 4 is 12.0 Å². The number of carbonyl (C=O) groups is 2. The summed E-state index contributed by atoms with van der Waals surface area (Å²) in [6.45, 7) is 0.430. The number of hydrogen-bond donors (Lipinski definition) is 3. The number of ether oxygens (including phenoxy) is 1. The first-order valence-electron chi connectivity index (χ1n) is 6.13. The van der Waals surface area contributed by atoms with Crippen molar-refractivity contribution < 1.29 is 23.8 Å². The molecule has 1 aromatic carbocycles. The van der Waals surface area contributed by atoms with E-state index in [0.29, 0.717) is 12.2 Å². The van der Waals surface area contributed by atoms with E-state index in [2.05, 4.69) is 10.6 Å². The molecule has 0 spiro atoms. The van der Waals surface area contributed by atoms with Crippen LogP contribution in [-0.2, 0) is 16.1 Å². The highest BCUT2D eigenvalue weighted by atomic mass is 19.1. The molecule has 1 unspecified atom stereocenters. The van der Waals surface area contributed by atoms with Gasteiger partial charge in [0.05, 0.1) is 6.61 Å². The summed E-state index contributed by atoms with van der Waals surface area (Å²) in [4.78, 5) is 22.9. The summed E-state index contributed by atoms with van der Waals surface area (Å²) in [7, 11) is 0. The number of hydrogen-bond acceptors (Lipinski definition) is 3. The summed E-state index contributed by atoms with van der Waals surface area (Å²) in [5, 5.41) is 14.1. The van der Waals surface area contributed by atoms with Crippen LogP contribution in [0.2, 0.25) is 0 Å². The quantitative estimate of drug-likeness (QED) is 0.764. The zero-order valence-electron chi connectivity index (χ0n) is 10.7. The lowest BCUT2D eigenvalue weighted by atomic mass is 9.99. The molecule has 7 heteroatoms. The van der Waals surface area contributed by atoms with Crippen LogP contribution >= 0.6 is 0 Å². The van der Waals surface area contributed by atoms with E-state index < -0.39 is 17.5 Å². The average Bonchev–Trinajstić information content (AvgIpc) is 2.88. The summed E-state index contributed by atoms with van der Waals surface area (Å²) in [6.07, 6.45) is 0.228. The second-order valence-electron chi connectivity index (χ2n) is 4.62. The minimum atomic E-state index is -1.37. The highest BCUT2D eigenvalue weighted by Crippen LogP contribution is 2.18. The van der Waals surface area contributed by atoms with Gasteiger partial charge in [0.15, 0.2) is 5.54 Å². The maximum atomic E-state index is 12.7. The Morgan fingerprint density at radius 2 is 2.05 bits per heavy atom. The largest absolute Gasteiger partial charge is 0.479 e. The number of carboxylic acid groups (broad SMARTS) is 1. The molecule has 108 valence electrons. The molecule has 20 heavy (non-hydrogen) atoms. The lowest BCUT2D eigenvalue weighted by Crippen LogP contribution is -2.57. The molecule has 0 saturated carbocycles. The third-order valence-electron chi connectivity index (χ3n) is 3.15. The monoisotopic (exact) mass is 282 g/mol. The van der Waals surface area contributed by atoms with E-state index in [0.717, 1.165) is 0 Å². The maximum absolute atomic E-state index is 12.7. The van der Waals surface area contributed by atoms with Gasteiger partial charge in [0.25, 0.3) is 0 Å². The van der Waals surface area contributed by atoms with Crippen LogP contribution in [0.15, 0.2) is 24.3 Å². The van der Waals surface area contributed by atoms with Crippen molar-refractivity contribution in [2.45, 2.75) is 18.5 Å². The molecule has 3 N–H and O–H groups in total. The number of aliphatic carboxylic acids is 1. The highest BCUT2D eigenvalue weighted by Gasteiger charge is 2.43. The van der Waals surface area contributed by atoms with Gasteiger partial charge in [-0.1, -0.05) is 12.1 Å². The fourth-order valence-corrected chi connectivity index (χ4v) is 1.93. The van der Waals surface area contributed by atoms with Gasteiger partial charge >= 0.3 is 12.0 Å². The third kappa shape index (κ3) is 3.24. The molecular weight excluding hydrogens is 267 g/mol. The Morgan fingerprint density at radius 1 is 1.35 bits per heavy atom. The zero-order chi connectivity index (χ0) is 14.6. The Kier molecular flexibility index (Phi) is 4.19. The fraction of sp³-hybridized carbons (Fsp3) is 0.385. The van der Waals surface area contributed by atoms with Gasteiger partial charge in [0.2, 0.25) is 0 Å². The first-order valence-corrected chi connectivity index (χ1v) is 6.13. The average molecular weight is 282 g/mol. The van der Waals surface area contributed by atoms with Crippen LogP contribution in [0.25, 0.3) is 0 Å². The lowest BCUT2D eigenvalue weighted by molar-refractivity contribution is -0.144. The molecule has 1 aliphatic rings. The van der Waals surface area contributed by atoms with Crippen molar-refractivity contribution in [2.24, 2.45) is 0 Å². The molecule has 2 rings (SSSR count). The number of benzene rings is 1. The first kappa shape index (κ1) is 14.3. The number of amides is 2. The molecule has 2 amide bonds. The Bertz CT molecular complexity index is 498. The second-order valence-corrected chi connectivity index (χ2v) is 4.62. The van der Waals surface area contributed by atoms with Crippen LogP contribution in [0.3, 0.4) is 0 Å². The second kappa shape index (κ2) is 5.87. The van der Waals surface area contributed by atoms with Gasteiger partial charge in [-0.3, -0.25) is 0 Å². The molecule has 1 aromatic rings. The molecule has 0 bridgehead atoms. The van der Waals surface area contributed by atoms with Gasteiger partial charge in [0, 0.05) is 19.6 Å². The molecule has 1 saturated heterocycles. The van der Waals surface area contributed by atoms with Crippen molar-refractivity contribution in [3.05, 3.63) is 35.6 Å².